The smallest absolute Gasteiger partial charge is 0.410 e. The number of carbonyl (C=O) groups is 1. The van der Waals surface area contributed by atoms with E-state index in [4.69, 9.17) is 4.74 Å². The van der Waals surface area contributed by atoms with Crippen LogP contribution in [0.25, 0.3) is 0 Å². The van der Waals surface area contributed by atoms with Crippen molar-refractivity contribution in [3.63, 3.8) is 0 Å². The first kappa shape index (κ1) is 17.1. The molecule has 2 heterocycles. The van der Waals surface area contributed by atoms with Crippen molar-refractivity contribution in [3.05, 3.63) is 22.8 Å². The molecule has 1 aromatic heterocycles. The first-order valence-corrected chi connectivity index (χ1v) is 8.39. The molecule has 0 spiro atoms. The fraction of sp³-hybridized carbons (Fsp3) is 0.625. The summed E-state index contributed by atoms with van der Waals surface area (Å²) in [6.45, 7) is 7.10. The highest BCUT2D eigenvalue weighted by molar-refractivity contribution is 9.10. The van der Waals surface area contributed by atoms with Crippen molar-refractivity contribution in [1.29, 1.82) is 0 Å². The summed E-state index contributed by atoms with van der Waals surface area (Å²) in [6, 6.07) is 6.11. The molecule has 1 fully saturated rings. The fourth-order valence-electron chi connectivity index (χ4n) is 2.54. The van der Waals surface area contributed by atoms with Crippen LogP contribution in [0.5, 0.6) is 0 Å². The molecular formula is C16H24BrN3O2. The number of likely N-dealkylation sites (N-methyl/N-ethyl adjacent to an activating group) is 1. The van der Waals surface area contributed by atoms with E-state index in [-0.39, 0.29) is 12.1 Å². The van der Waals surface area contributed by atoms with Crippen LogP contribution < -0.4 is 4.90 Å². The van der Waals surface area contributed by atoms with Gasteiger partial charge in [-0.1, -0.05) is 6.07 Å². The lowest BCUT2D eigenvalue weighted by molar-refractivity contribution is 0.0199. The van der Waals surface area contributed by atoms with E-state index in [1.54, 1.807) is 4.90 Å². The topological polar surface area (TPSA) is 45.7 Å². The van der Waals surface area contributed by atoms with Crippen LogP contribution in [0.1, 0.15) is 33.6 Å². The number of halogens is 1. The molecule has 1 amide bonds. The maximum atomic E-state index is 12.2. The first-order chi connectivity index (χ1) is 10.3. The molecule has 1 unspecified atom stereocenters. The van der Waals surface area contributed by atoms with Gasteiger partial charge in [0.25, 0.3) is 0 Å². The van der Waals surface area contributed by atoms with Gasteiger partial charge in [-0.05, 0) is 61.7 Å². The molecule has 0 aliphatic carbocycles. The van der Waals surface area contributed by atoms with Gasteiger partial charge in [-0.3, -0.25) is 0 Å². The summed E-state index contributed by atoms with van der Waals surface area (Å²) in [7, 11) is 2.03. The minimum absolute atomic E-state index is 0.229. The average Bonchev–Trinajstić information content (AvgIpc) is 2.45. The van der Waals surface area contributed by atoms with E-state index < -0.39 is 5.60 Å². The number of pyridine rings is 1. The van der Waals surface area contributed by atoms with Gasteiger partial charge >= 0.3 is 6.09 Å². The van der Waals surface area contributed by atoms with Crippen molar-refractivity contribution in [1.82, 2.24) is 9.88 Å². The van der Waals surface area contributed by atoms with Crippen LogP contribution >= 0.6 is 15.9 Å². The Kier molecular flexibility index (Phi) is 5.32. The zero-order chi connectivity index (χ0) is 16.3. The Balaban J connectivity index is 2.02. The molecule has 0 aromatic carbocycles. The normalized spacial score (nSPS) is 19.0. The third-order valence-corrected chi connectivity index (χ3v) is 4.10. The number of hydrogen-bond donors (Lipinski definition) is 0. The van der Waals surface area contributed by atoms with Crippen LogP contribution in [0, 0.1) is 0 Å². The van der Waals surface area contributed by atoms with E-state index in [2.05, 4.69) is 25.8 Å². The van der Waals surface area contributed by atoms with Gasteiger partial charge < -0.3 is 14.5 Å². The number of ether oxygens (including phenoxy) is 1. The van der Waals surface area contributed by atoms with E-state index in [0.717, 1.165) is 29.8 Å². The summed E-state index contributed by atoms with van der Waals surface area (Å²) < 4.78 is 6.29. The highest BCUT2D eigenvalue weighted by Gasteiger charge is 2.29. The molecule has 0 saturated carbocycles. The SMILES string of the molecule is CN(c1cccc(Br)n1)C1CCCN(C(=O)OC(C)(C)C)C1. The van der Waals surface area contributed by atoms with E-state index in [1.807, 2.05) is 46.0 Å². The lowest BCUT2D eigenvalue weighted by atomic mass is 10.0. The van der Waals surface area contributed by atoms with Crippen molar-refractivity contribution in [2.75, 3.05) is 25.0 Å². The van der Waals surface area contributed by atoms with Gasteiger partial charge in [-0.2, -0.15) is 0 Å². The molecule has 6 heteroatoms. The molecular weight excluding hydrogens is 346 g/mol. The Morgan fingerprint density at radius 2 is 2.18 bits per heavy atom. The second-order valence-corrected chi connectivity index (χ2v) is 7.46. The number of carbonyl (C=O) groups excluding carboxylic acids is 1. The van der Waals surface area contributed by atoms with Crippen LogP contribution in [-0.4, -0.2) is 47.8 Å². The second kappa shape index (κ2) is 6.86. The predicted octanol–water partition coefficient (Wildman–Crippen LogP) is 3.68. The maximum Gasteiger partial charge on any atom is 0.410 e. The third kappa shape index (κ3) is 4.60. The van der Waals surface area contributed by atoms with Crippen LogP contribution in [0.15, 0.2) is 22.8 Å². The van der Waals surface area contributed by atoms with Gasteiger partial charge in [-0.15, -0.1) is 0 Å². The quantitative estimate of drug-likeness (QED) is 0.745. The molecule has 122 valence electrons. The number of piperidine rings is 1. The molecule has 2 rings (SSSR count). The summed E-state index contributed by atoms with van der Waals surface area (Å²) >= 11 is 3.40. The predicted molar refractivity (Wildman–Crippen MR) is 91.2 cm³/mol. The second-order valence-electron chi connectivity index (χ2n) is 6.65. The largest absolute Gasteiger partial charge is 0.444 e. The van der Waals surface area contributed by atoms with E-state index in [0.29, 0.717) is 6.54 Å². The molecule has 1 aliphatic heterocycles. The molecule has 1 atom stereocenters. The first-order valence-electron chi connectivity index (χ1n) is 7.59. The van der Waals surface area contributed by atoms with Gasteiger partial charge in [-0.25, -0.2) is 9.78 Å². The highest BCUT2D eigenvalue weighted by atomic mass is 79.9. The Labute approximate surface area is 140 Å². The molecule has 1 saturated heterocycles. The fourth-order valence-corrected chi connectivity index (χ4v) is 2.88. The Morgan fingerprint density at radius 3 is 2.82 bits per heavy atom. The summed E-state index contributed by atoms with van der Waals surface area (Å²) in [5, 5.41) is 0. The Morgan fingerprint density at radius 1 is 1.45 bits per heavy atom. The molecule has 5 nitrogen and oxygen atoms in total. The third-order valence-electron chi connectivity index (χ3n) is 3.66. The summed E-state index contributed by atoms with van der Waals surface area (Å²) in [6.07, 6.45) is 1.79. The molecule has 1 aromatic rings. The van der Waals surface area contributed by atoms with Gasteiger partial charge in [0.15, 0.2) is 0 Å². The summed E-state index contributed by atoms with van der Waals surface area (Å²) in [5.41, 5.74) is -0.457. The summed E-state index contributed by atoms with van der Waals surface area (Å²) in [5.74, 6) is 0.908. The van der Waals surface area contributed by atoms with E-state index in [1.165, 1.54) is 0 Å². The van der Waals surface area contributed by atoms with Crippen LogP contribution in [-0.2, 0) is 4.74 Å². The average molecular weight is 370 g/mol. The number of likely N-dealkylation sites (tertiary alicyclic amines) is 1. The molecule has 1 aliphatic rings. The minimum Gasteiger partial charge on any atom is -0.444 e. The zero-order valence-electron chi connectivity index (χ0n) is 13.7. The number of hydrogen-bond acceptors (Lipinski definition) is 4. The van der Waals surface area contributed by atoms with Crippen LogP contribution in [0.4, 0.5) is 10.6 Å². The maximum absolute atomic E-state index is 12.2. The number of rotatable bonds is 2. The number of anilines is 1. The minimum atomic E-state index is -0.457. The van der Waals surface area contributed by atoms with Gasteiger partial charge in [0.2, 0.25) is 0 Å². The van der Waals surface area contributed by atoms with Crippen LogP contribution in [0.2, 0.25) is 0 Å². The number of amides is 1. The molecule has 0 N–H and O–H groups in total. The number of aromatic nitrogens is 1. The standard InChI is InChI=1S/C16H24BrN3O2/c1-16(2,3)22-15(21)20-10-6-7-12(11-20)19(4)14-9-5-8-13(17)18-14/h5,8-9,12H,6-7,10-11H2,1-4H3. The Bertz CT molecular complexity index is 530. The number of nitrogens with zero attached hydrogens (tertiary/aromatic N) is 3. The van der Waals surface area contributed by atoms with Gasteiger partial charge in [0.05, 0.1) is 0 Å². The molecule has 0 radical (unpaired) electrons. The van der Waals surface area contributed by atoms with Crippen molar-refractivity contribution in [3.8, 4) is 0 Å². The van der Waals surface area contributed by atoms with Crippen molar-refractivity contribution in [2.45, 2.75) is 45.3 Å². The van der Waals surface area contributed by atoms with Gasteiger partial charge in [0.1, 0.15) is 16.0 Å². The van der Waals surface area contributed by atoms with Crippen LogP contribution in [0.3, 0.4) is 0 Å². The van der Waals surface area contributed by atoms with Crippen molar-refractivity contribution in [2.24, 2.45) is 0 Å². The lowest BCUT2D eigenvalue weighted by Gasteiger charge is -2.38. The van der Waals surface area contributed by atoms with Crippen molar-refractivity contribution >= 4 is 27.8 Å². The van der Waals surface area contributed by atoms with E-state index >= 15 is 0 Å². The zero-order valence-corrected chi connectivity index (χ0v) is 15.3. The lowest BCUT2D eigenvalue weighted by Crippen LogP contribution is -2.50. The van der Waals surface area contributed by atoms with Crippen molar-refractivity contribution < 1.29 is 9.53 Å². The molecule has 22 heavy (non-hydrogen) atoms. The Hall–Kier alpha value is -1.30. The highest BCUT2D eigenvalue weighted by Crippen LogP contribution is 2.22. The molecule has 0 bridgehead atoms. The van der Waals surface area contributed by atoms with E-state index in [9.17, 15) is 4.79 Å². The monoisotopic (exact) mass is 369 g/mol. The van der Waals surface area contributed by atoms with Gasteiger partial charge in [0, 0.05) is 26.2 Å². The summed E-state index contributed by atoms with van der Waals surface area (Å²) in [4.78, 5) is 20.7.